The maximum Gasteiger partial charge on any atom is 0.146 e. The Bertz CT molecular complexity index is 1290. The number of pyridine rings is 1. The van der Waals surface area contributed by atoms with Crippen LogP contribution in [0.15, 0.2) is 65.1 Å². The number of ketones is 1. The van der Waals surface area contributed by atoms with Crippen LogP contribution in [0, 0.1) is 19.8 Å². The second kappa shape index (κ2) is 16.2. The minimum atomic E-state index is -0.486. The first-order valence-electron chi connectivity index (χ1n) is 15.3. The molecule has 1 N–H and O–H groups in total. The Kier molecular flexibility index (Phi) is 13.4. The fourth-order valence-corrected chi connectivity index (χ4v) is 5.51. The van der Waals surface area contributed by atoms with Crippen LogP contribution in [-0.2, 0) is 10.2 Å². The Labute approximate surface area is 248 Å². The number of hydrogen-bond acceptors (Lipinski definition) is 4. The van der Waals surface area contributed by atoms with E-state index in [1.165, 1.54) is 6.08 Å². The van der Waals surface area contributed by atoms with Gasteiger partial charge in [0.15, 0.2) is 0 Å². The maximum atomic E-state index is 15.0. The van der Waals surface area contributed by atoms with Crippen molar-refractivity contribution in [3.05, 3.63) is 76.8 Å². The smallest absolute Gasteiger partial charge is 0.146 e. The van der Waals surface area contributed by atoms with Gasteiger partial charge in [-0.15, -0.1) is 0 Å². The maximum absolute atomic E-state index is 15.0. The molecule has 1 aromatic heterocycles. The van der Waals surface area contributed by atoms with Gasteiger partial charge in [0.2, 0.25) is 0 Å². The summed E-state index contributed by atoms with van der Waals surface area (Å²) < 4.78 is 15.0. The van der Waals surface area contributed by atoms with Gasteiger partial charge in [-0.05, 0) is 81.9 Å². The van der Waals surface area contributed by atoms with Crippen LogP contribution in [0.1, 0.15) is 104 Å². The van der Waals surface area contributed by atoms with Gasteiger partial charge in [0.05, 0.1) is 22.5 Å². The molecule has 5 heteroatoms. The van der Waals surface area contributed by atoms with Gasteiger partial charge >= 0.3 is 0 Å². The number of aliphatic imine (C=N–C) groups is 1. The van der Waals surface area contributed by atoms with Gasteiger partial charge in [-0.25, -0.2) is 9.37 Å². The second-order valence-electron chi connectivity index (χ2n) is 11.0. The van der Waals surface area contributed by atoms with Crippen molar-refractivity contribution in [3.63, 3.8) is 0 Å². The normalized spacial score (nSPS) is 13.1. The lowest BCUT2D eigenvalue weighted by atomic mass is 9.66. The molecule has 0 spiro atoms. The summed E-state index contributed by atoms with van der Waals surface area (Å²) in [6, 6.07) is 8.31. The number of carbonyl (C=O) groups is 1. The molecule has 41 heavy (non-hydrogen) atoms. The predicted molar refractivity (Wildman–Crippen MR) is 175 cm³/mol. The number of nitrogens with zero attached hydrogens (tertiary/aromatic N) is 2. The van der Waals surface area contributed by atoms with Crippen LogP contribution in [0.5, 0.6) is 0 Å². The van der Waals surface area contributed by atoms with Crippen LogP contribution in [0.25, 0.3) is 11.3 Å². The lowest BCUT2D eigenvalue weighted by molar-refractivity contribution is -0.128. The third kappa shape index (κ3) is 8.34. The number of rotatable bonds is 15. The van der Waals surface area contributed by atoms with Crippen molar-refractivity contribution in [2.45, 2.75) is 106 Å². The van der Waals surface area contributed by atoms with E-state index in [-0.39, 0.29) is 11.7 Å². The van der Waals surface area contributed by atoms with E-state index >= 15 is 4.39 Å². The third-order valence-corrected chi connectivity index (χ3v) is 7.39. The van der Waals surface area contributed by atoms with Gasteiger partial charge in [-0.1, -0.05) is 78.7 Å². The van der Waals surface area contributed by atoms with Gasteiger partial charge in [0.25, 0.3) is 0 Å². The average Bonchev–Trinajstić information content (AvgIpc) is 2.95. The first-order chi connectivity index (χ1) is 19.6. The molecule has 0 saturated heterocycles. The highest BCUT2D eigenvalue weighted by Crippen LogP contribution is 2.41. The van der Waals surface area contributed by atoms with Crippen molar-refractivity contribution in [1.29, 1.82) is 0 Å². The molecule has 0 aliphatic carbocycles. The Morgan fingerprint density at radius 1 is 1.05 bits per heavy atom. The van der Waals surface area contributed by atoms with Crippen molar-refractivity contribution in [3.8, 4) is 11.3 Å². The molecule has 0 atom stereocenters. The highest BCUT2D eigenvalue weighted by Gasteiger charge is 2.40. The molecule has 0 saturated carbocycles. The highest BCUT2D eigenvalue weighted by atomic mass is 19.1. The lowest BCUT2D eigenvalue weighted by Crippen LogP contribution is -2.39. The summed E-state index contributed by atoms with van der Waals surface area (Å²) in [5.41, 5.74) is 5.36. The number of carbonyl (C=O) groups excluding carboxylic acids is 1. The Morgan fingerprint density at radius 3 is 2.27 bits per heavy atom. The molecular formula is C36H50FN3O. The van der Waals surface area contributed by atoms with Gasteiger partial charge in [-0.3, -0.25) is 9.79 Å². The minimum absolute atomic E-state index is 0.0365. The summed E-state index contributed by atoms with van der Waals surface area (Å²) in [7, 11) is 0. The second-order valence-corrected chi connectivity index (χ2v) is 11.0. The van der Waals surface area contributed by atoms with Crippen LogP contribution in [0.4, 0.5) is 15.9 Å². The van der Waals surface area contributed by atoms with Crippen molar-refractivity contribution < 1.29 is 9.18 Å². The molecule has 1 heterocycles. The fourth-order valence-electron chi connectivity index (χ4n) is 5.51. The number of anilines is 1. The third-order valence-electron chi connectivity index (χ3n) is 7.39. The van der Waals surface area contributed by atoms with E-state index in [9.17, 15) is 4.79 Å². The van der Waals surface area contributed by atoms with Gasteiger partial charge in [0.1, 0.15) is 17.4 Å². The van der Waals surface area contributed by atoms with Gasteiger partial charge in [0, 0.05) is 23.3 Å². The molecule has 0 aliphatic rings. The number of hydrogen-bond donors (Lipinski definition) is 1. The molecule has 222 valence electrons. The summed E-state index contributed by atoms with van der Waals surface area (Å²) in [6.07, 6.45) is 13.8. The largest absolute Gasteiger partial charge is 0.338 e. The van der Waals surface area contributed by atoms with E-state index < -0.39 is 5.41 Å². The number of aryl methyl sites for hydroxylation is 1. The first-order valence-corrected chi connectivity index (χ1v) is 15.3. The van der Waals surface area contributed by atoms with Gasteiger partial charge < -0.3 is 5.32 Å². The average molecular weight is 560 g/mol. The summed E-state index contributed by atoms with van der Waals surface area (Å²) in [5, 5.41) is 3.23. The fraction of sp³-hybridized carbons (Fsp3) is 0.472. The molecule has 1 aromatic carbocycles. The zero-order chi connectivity index (χ0) is 30.6. The molecular weight excluding hydrogens is 509 g/mol. The number of aromatic nitrogens is 1. The SMILES string of the molecule is C\C=C/C(Nc1nc(-c2ccc(C(CCC)(CCC)C(=O)C(C)C)c(C)c2)cc(N=CCC)c1C)=C(F)\C=C\CC. The van der Waals surface area contributed by atoms with Crippen LogP contribution in [0.2, 0.25) is 0 Å². The predicted octanol–water partition coefficient (Wildman–Crippen LogP) is 10.7. The van der Waals surface area contributed by atoms with E-state index in [1.807, 2.05) is 53.8 Å². The number of allylic oxidation sites excluding steroid dienone is 5. The van der Waals surface area contributed by atoms with Crippen LogP contribution in [-0.4, -0.2) is 17.0 Å². The summed E-state index contributed by atoms with van der Waals surface area (Å²) >= 11 is 0. The zero-order valence-electron chi connectivity index (χ0n) is 26.7. The molecule has 0 bridgehead atoms. The highest BCUT2D eigenvalue weighted by molar-refractivity contribution is 5.92. The van der Waals surface area contributed by atoms with E-state index in [4.69, 9.17) is 9.98 Å². The van der Waals surface area contributed by atoms with Crippen molar-refractivity contribution >= 4 is 23.5 Å². The molecule has 0 fully saturated rings. The number of nitrogens with one attached hydrogen (secondary N) is 1. The van der Waals surface area contributed by atoms with E-state index in [0.29, 0.717) is 17.3 Å². The molecule has 0 amide bonds. The van der Waals surface area contributed by atoms with Crippen LogP contribution in [0.3, 0.4) is 0 Å². The summed E-state index contributed by atoms with van der Waals surface area (Å²) in [6.45, 7) is 18.2. The van der Waals surface area contributed by atoms with Crippen molar-refractivity contribution in [2.24, 2.45) is 10.9 Å². The topological polar surface area (TPSA) is 54.4 Å². The Morgan fingerprint density at radius 2 is 1.73 bits per heavy atom. The molecule has 0 unspecified atom stereocenters. The van der Waals surface area contributed by atoms with Crippen LogP contribution >= 0.6 is 0 Å². The first kappa shape index (κ1) is 33.9. The standard InChI is InChI=1S/C36H50FN3O/c1-10-15-17-30(37)31(16-11-2)39-35-27(9)32(38-22-14-5)24-33(40-35)28-18-19-29(26(8)23-28)36(20-12-3,21-13-4)34(41)25(6)7/h11,15-19,22-25H,10,12-14,20-21H2,1-9H3,(H,39,40)/b16-11-,17-15+,31-30-,38-22?. The molecule has 2 aromatic rings. The Hall–Kier alpha value is -3.34. The number of Topliss-reactive ketones (excluding diaryl/α,β-unsaturated/α-hetero) is 1. The summed E-state index contributed by atoms with van der Waals surface area (Å²) in [4.78, 5) is 23.3. The monoisotopic (exact) mass is 559 g/mol. The van der Waals surface area contributed by atoms with Crippen molar-refractivity contribution in [1.82, 2.24) is 4.98 Å². The van der Waals surface area contributed by atoms with E-state index in [0.717, 1.165) is 72.2 Å². The van der Waals surface area contributed by atoms with Gasteiger partial charge in [-0.2, -0.15) is 0 Å². The van der Waals surface area contributed by atoms with E-state index in [1.54, 1.807) is 18.2 Å². The molecule has 0 aliphatic heterocycles. The molecule has 0 radical (unpaired) electrons. The van der Waals surface area contributed by atoms with Crippen LogP contribution < -0.4 is 5.32 Å². The number of halogens is 1. The quantitative estimate of drug-likeness (QED) is 0.174. The number of benzene rings is 1. The van der Waals surface area contributed by atoms with E-state index in [2.05, 4.69) is 44.3 Å². The zero-order valence-corrected chi connectivity index (χ0v) is 26.7. The lowest BCUT2D eigenvalue weighted by Gasteiger charge is -2.36. The molecule has 2 rings (SSSR count). The minimum Gasteiger partial charge on any atom is -0.338 e. The molecule has 4 nitrogen and oxygen atoms in total. The Balaban J connectivity index is 2.75. The summed E-state index contributed by atoms with van der Waals surface area (Å²) in [5.74, 6) is 0.483. The van der Waals surface area contributed by atoms with Crippen molar-refractivity contribution in [2.75, 3.05) is 5.32 Å².